The van der Waals surface area contributed by atoms with Crippen molar-refractivity contribution in [3.8, 4) is 22.9 Å². The van der Waals surface area contributed by atoms with Crippen molar-refractivity contribution in [2.24, 2.45) is 0 Å². The second kappa shape index (κ2) is 10.1. The summed E-state index contributed by atoms with van der Waals surface area (Å²) in [6.45, 7) is 8.78. The van der Waals surface area contributed by atoms with Crippen molar-refractivity contribution in [3.05, 3.63) is 66.7 Å². The van der Waals surface area contributed by atoms with E-state index in [0.717, 1.165) is 22.9 Å². The molecule has 0 N–H and O–H groups in total. The van der Waals surface area contributed by atoms with E-state index in [-0.39, 0.29) is 11.0 Å². The quantitative estimate of drug-likeness (QED) is 0.262. The second-order valence-electron chi connectivity index (χ2n) is 6.52. The number of nitrogens with zero attached hydrogens (tertiary/aromatic N) is 3. The van der Waals surface area contributed by atoms with Crippen molar-refractivity contribution in [3.63, 3.8) is 0 Å². The SMILES string of the molecule is C=CCn1c(S[C@H](C)C(=O)c2ccc(OCC)cc2)nnc1-c1ccc(OC)cc1. The first-order valence-electron chi connectivity index (χ1n) is 9.69. The third kappa shape index (κ3) is 4.91. The van der Waals surface area contributed by atoms with Gasteiger partial charge in [0.1, 0.15) is 11.5 Å². The van der Waals surface area contributed by atoms with Gasteiger partial charge in [-0.3, -0.25) is 9.36 Å². The van der Waals surface area contributed by atoms with Gasteiger partial charge in [0.05, 0.1) is 19.0 Å². The maximum absolute atomic E-state index is 12.9. The van der Waals surface area contributed by atoms with E-state index in [4.69, 9.17) is 9.47 Å². The number of benzene rings is 2. The van der Waals surface area contributed by atoms with Crippen LogP contribution in [0.1, 0.15) is 24.2 Å². The van der Waals surface area contributed by atoms with Crippen molar-refractivity contribution in [1.29, 1.82) is 0 Å². The van der Waals surface area contributed by atoms with E-state index < -0.39 is 0 Å². The first-order valence-corrected chi connectivity index (χ1v) is 10.6. The zero-order valence-corrected chi connectivity index (χ0v) is 18.2. The molecule has 7 heteroatoms. The van der Waals surface area contributed by atoms with Crippen LogP contribution in [0, 0.1) is 0 Å². The van der Waals surface area contributed by atoms with Gasteiger partial charge in [-0.15, -0.1) is 16.8 Å². The molecule has 0 aliphatic carbocycles. The predicted molar refractivity (Wildman–Crippen MR) is 119 cm³/mol. The monoisotopic (exact) mass is 423 g/mol. The molecule has 0 bridgehead atoms. The van der Waals surface area contributed by atoms with Crippen LogP contribution in [-0.4, -0.2) is 39.5 Å². The lowest BCUT2D eigenvalue weighted by Gasteiger charge is -2.12. The Labute approximate surface area is 180 Å². The van der Waals surface area contributed by atoms with Crippen molar-refractivity contribution in [2.75, 3.05) is 13.7 Å². The first kappa shape index (κ1) is 21.6. The standard InChI is InChI=1S/C23H25N3O3S/c1-5-15-26-22(18-9-11-19(28-4)12-10-18)24-25-23(26)30-16(3)21(27)17-7-13-20(14-8-17)29-6-2/h5,7-14,16H,1,6,15H2,2-4H3/t16-/m1/s1. The van der Waals surface area contributed by atoms with E-state index in [9.17, 15) is 4.79 Å². The number of hydrogen-bond acceptors (Lipinski definition) is 6. The number of methoxy groups -OCH3 is 1. The normalized spacial score (nSPS) is 11.7. The molecule has 0 unspecified atom stereocenters. The number of hydrogen-bond donors (Lipinski definition) is 0. The van der Waals surface area contributed by atoms with Crippen molar-refractivity contribution < 1.29 is 14.3 Å². The van der Waals surface area contributed by atoms with Gasteiger partial charge in [0.25, 0.3) is 0 Å². The number of thioether (sulfide) groups is 1. The highest BCUT2D eigenvalue weighted by Gasteiger charge is 2.21. The molecule has 0 saturated carbocycles. The number of Topliss-reactive ketones (excluding diaryl/α,β-unsaturated/α-hetero) is 1. The summed E-state index contributed by atoms with van der Waals surface area (Å²) in [5.74, 6) is 2.28. The van der Waals surface area contributed by atoms with Gasteiger partial charge in [0, 0.05) is 17.7 Å². The highest BCUT2D eigenvalue weighted by molar-refractivity contribution is 8.00. The molecule has 6 nitrogen and oxygen atoms in total. The maximum atomic E-state index is 12.9. The van der Waals surface area contributed by atoms with E-state index >= 15 is 0 Å². The van der Waals surface area contributed by atoms with Crippen LogP contribution >= 0.6 is 11.8 Å². The molecule has 3 rings (SSSR count). The van der Waals surface area contributed by atoms with Crippen molar-refractivity contribution >= 4 is 17.5 Å². The summed E-state index contributed by atoms with van der Waals surface area (Å²) in [6.07, 6.45) is 1.79. The summed E-state index contributed by atoms with van der Waals surface area (Å²) < 4.78 is 12.6. The van der Waals surface area contributed by atoms with Gasteiger partial charge in [0.2, 0.25) is 0 Å². The number of allylic oxidation sites excluding steroid dienone is 1. The number of ether oxygens (including phenoxy) is 2. The van der Waals surface area contributed by atoms with Crippen molar-refractivity contribution in [2.45, 2.75) is 30.8 Å². The van der Waals surface area contributed by atoms with Crippen LogP contribution in [-0.2, 0) is 6.54 Å². The fourth-order valence-corrected chi connectivity index (χ4v) is 3.89. The first-order chi connectivity index (χ1) is 14.6. The highest BCUT2D eigenvalue weighted by Crippen LogP contribution is 2.29. The molecule has 0 aliphatic heterocycles. The third-order valence-electron chi connectivity index (χ3n) is 4.48. The van der Waals surface area contributed by atoms with Gasteiger partial charge >= 0.3 is 0 Å². The van der Waals surface area contributed by atoms with Crippen LogP contribution in [0.3, 0.4) is 0 Å². The zero-order valence-electron chi connectivity index (χ0n) is 17.4. The topological polar surface area (TPSA) is 66.2 Å². The summed E-state index contributed by atoms with van der Waals surface area (Å²) in [5.41, 5.74) is 1.56. The minimum atomic E-state index is -0.320. The number of aromatic nitrogens is 3. The Morgan fingerprint density at radius 1 is 1.13 bits per heavy atom. The van der Waals surface area contributed by atoms with Crippen LogP contribution in [0.2, 0.25) is 0 Å². The fraction of sp³-hybridized carbons (Fsp3) is 0.261. The summed E-state index contributed by atoms with van der Waals surface area (Å²) in [4.78, 5) is 12.9. The average molecular weight is 424 g/mol. The fourth-order valence-electron chi connectivity index (χ4n) is 2.95. The zero-order chi connectivity index (χ0) is 21.5. The average Bonchev–Trinajstić information content (AvgIpc) is 3.16. The number of rotatable bonds is 10. The Kier molecular flexibility index (Phi) is 7.30. The lowest BCUT2D eigenvalue weighted by molar-refractivity contribution is 0.0994. The van der Waals surface area contributed by atoms with E-state index in [1.807, 2.05) is 54.8 Å². The molecule has 0 spiro atoms. The molecule has 1 aromatic heterocycles. The summed E-state index contributed by atoms with van der Waals surface area (Å²) >= 11 is 1.39. The molecule has 0 amide bonds. The minimum Gasteiger partial charge on any atom is -0.497 e. The Bertz CT molecular complexity index is 998. The largest absolute Gasteiger partial charge is 0.497 e. The molecule has 0 aliphatic rings. The molecule has 1 atom stereocenters. The van der Waals surface area contributed by atoms with Crippen LogP contribution in [0.5, 0.6) is 11.5 Å². The molecule has 1 heterocycles. The van der Waals surface area contributed by atoms with Gasteiger partial charge in [0.15, 0.2) is 16.8 Å². The summed E-state index contributed by atoms with van der Waals surface area (Å²) in [5, 5.41) is 9.04. The Morgan fingerprint density at radius 3 is 2.40 bits per heavy atom. The van der Waals surface area contributed by atoms with Crippen LogP contribution < -0.4 is 9.47 Å². The number of carbonyl (C=O) groups is 1. The molecule has 0 radical (unpaired) electrons. The van der Waals surface area contributed by atoms with Crippen LogP contribution in [0.25, 0.3) is 11.4 Å². The molecule has 3 aromatic rings. The van der Waals surface area contributed by atoms with E-state index in [0.29, 0.717) is 23.9 Å². The molecular formula is C23H25N3O3S. The molecular weight excluding hydrogens is 398 g/mol. The van der Waals surface area contributed by atoms with E-state index in [1.165, 1.54) is 11.8 Å². The lowest BCUT2D eigenvalue weighted by atomic mass is 10.1. The van der Waals surface area contributed by atoms with Crippen LogP contribution in [0.15, 0.2) is 66.3 Å². The Morgan fingerprint density at radius 2 is 1.80 bits per heavy atom. The van der Waals surface area contributed by atoms with Crippen LogP contribution in [0.4, 0.5) is 0 Å². The molecule has 30 heavy (non-hydrogen) atoms. The molecule has 156 valence electrons. The smallest absolute Gasteiger partial charge is 0.192 e. The highest BCUT2D eigenvalue weighted by atomic mass is 32.2. The van der Waals surface area contributed by atoms with Gasteiger partial charge in [-0.1, -0.05) is 17.8 Å². The second-order valence-corrected chi connectivity index (χ2v) is 7.82. The van der Waals surface area contributed by atoms with E-state index in [2.05, 4.69) is 16.8 Å². The predicted octanol–water partition coefficient (Wildman–Crippen LogP) is 4.90. The molecule has 0 saturated heterocycles. The van der Waals surface area contributed by atoms with Gasteiger partial charge in [-0.05, 0) is 62.4 Å². The molecule has 0 fully saturated rings. The Hall–Kier alpha value is -3.06. The van der Waals surface area contributed by atoms with E-state index in [1.54, 1.807) is 25.3 Å². The summed E-state index contributed by atoms with van der Waals surface area (Å²) in [7, 11) is 1.63. The lowest BCUT2D eigenvalue weighted by Crippen LogP contribution is -2.15. The van der Waals surface area contributed by atoms with Gasteiger partial charge in [-0.2, -0.15) is 0 Å². The van der Waals surface area contributed by atoms with Crippen molar-refractivity contribution in [1.82, 2.24) is 14.8 Å². The maximum Gasteiger partial charge on any atom is 0.192 e. The van der Waals surface area contributed by atoms with Gasteiger partial charge in [-0.25, -0.2) is 0 Å². The summed E-state index contributed by atoms with van der Waals surface area (Å²) in [6, 6.07) is 14.9. The third-order valence-corrected chi connectivity index (χ3v) is 5.56. The molecule has 2 aromatic carbocycles. The number of ketones is 1. The Balaban J connectivity index is 1.80. The van der Waals surface area contributed by atoms with Gasteiger partial charge < -0.3 is 9.47 Å². The minimum absolute atomic E-state index is 0.0298. The number of carbonyl (C=O) groups excluding carboxylic acids is 1.